The molecule has 0 saturated carbocycles. The van der Waals surface area contributed by atoms with Crippen LogP contribution in [-0.2, 0) is 49.4 Å². The van der Waals surface area contributed by atoms with Crippen LogP contribution >= 0.6 is 46.2 Å². The molecule has 3 radical (unpaired) electrons. The van der Waals surface area contributed by atoms with Crippen molar-refractivity contribution in [1.82, 2.24) is 39.1 Å². The maximum absolute atomic E-state index is 14.7. The van der Waals surface area contributed by atoms with Gasteiger partial charge < -0.3 is 36.1 Å². The number of carbonyl (C=O) groups excluding carboxylic acids is 1. The number of aryl methyl sites for hydroxylation is 2. The number of aromatic carboxylic acids is 3. The molecule has 10 aromatic rings. The zero-order valence-corrected chi connectivity index (χ0v) is 77.7. The molecule has 16 rings (SSSR count). The number of piperidine rings is 4. The second kappa shape index (κ2) is 45.1. The molecule has 2 aromatic heterocycles. The third-order valence-electron chi connectivity index (χ3n) is 23.9. The normalized spacial score (nSPS) is 19.1. The van der Waals surface area contributed by atoms with Crippen LogP contribution in [0.2, 0.25) is 0 Å². The van der Waals surface area contributed by atoms with Crippen molar-refractivity contribution in [3.8, 4) is 0 Å². The van der Waals surface area contributed by atoms with E-state index in [1.54, 1.807) is 24.3 Å². The van der Waals surface area contributed by atoms with Gasteiger partial charge in [-0.2, -0.15) is 25.3 Å². The molecule has 8 heterocycles. The molecule has 1 amide bonds. The molecule has 4 unspecified atom stereocenters. The van der Waals surface area contributed by atoms with Crippen LogP contribution < -0.4 is 34.9 Å². The Morgan fingerprint density at radius 2 is 0.777 bits per heavy atom. The van der Waals surface area contributed by atoms with Gasteiger partial charge in [0.1, 0.15) is 84.5 Å². The van der Waals surface area contributed by atoms with Crippen LogP contribution in [0.4, 0.5) is 43.9 Å². The van der Waals surface area contributed by atoms with Crippen molar-refractivity contribution in [2.24, 2.45) is 0 Å². The molecule has 6 saturated heterocycles. The van der Waals surface area contributed by atoms with Crippen molar-refractivity contribution in [2.75, 3.05) is 39.3 Å². The first-order valence-electron chi connectivity index (χ1n) is 39.2. The minimum absolute atomic E-state index is 0. The SMILES string of the molecule is Cc1nc2ccccc2n1C1CC2CCC(C1)N2CCC1(c2cccc(F)c2)CCN(C(=O)c2cc(S(=O)(=O)O)c(F)cc2F)CC1.Cc1nc2ccccc2n1C1CC2CCC(C1)N2CCC1(c2cccc(F)c2)CCNCC1.Cl.Cl.O=C(O)c1cc(S(=O)(=O)Cl)c(F)cc1F.O=C(O)c1cc(S(=O)(=O)O)c(F)cc1F.O=C(O)c1ccc(F)cc1F.O=S(=O)(O)Cl.[B].[H-].[Na+]. The summed E-state index contributed by atoms with van der Waals surface area (Å²) in [7, 11) is -9.68. The summed E-state index contributed by atoms with van der Waals surface area (Å²) >= 11 is 0. The minimum atomic E-state index is -5.00. The Morgan fingerprint density at radius 3 is 1.14 bits per heavy atom. The average molecular weight is 1990 g/mol. The van der Waals surface area contributed by atoms with E-state index in [-0.39, 0.29) is 113 Å². The van der Waals surface area contributed by atoms with Crippen LogP contribution in [0, 0.1) is 72.0 Å². The Morgan fingerprint density at radius 1 is 0.438 bits per heavy atom. The topological polar surface area (TPSA) is 384 Å². The van der Waals surface area contributed by atoms with Gasteiger partial charge >= 0.3 is 56.8 Å². The van der Waals surface area contributed by atoms with E-state index in [2.05, 4.69) is 97.3 Å². The monoisotopic (exact) mass is 1990 g/mol. The van der Waals surface area contributed by atoms with Crippen LogP contribution in [0.5, 0.6) is 0 Å². The van der Waals surface area contributed by atoms with Crippen molar-refractivity contribution in [1.29, 1.82) is 0 Å². The maximum atomic E-state index is 14.7. The third kappa shape index (κ3) is 26.4. The summed E-state index contributed by atoms with van der Waals surface area (Å²) in [5.41, 5.74) is 3.16. The van der Waals surface area contributed by atoms with Crippen molar-refractivity contribution >= 4 is 139 Å². The first-order valence-corrected chi connectivity index (χ1v) is 46.7. The number of rotatable bonds is 17. The number of fused-ring (bicyclic) bond motifs is 6. The van der Waals surface area contributed by atoms with Gasteiger partial charge in [0.15, 0.2) is 0 Å². The zero-order valence-electron chi connectivity index (χ0n) is 70.3. The van der Waals surface area contributed by atoms with E-state index in [1.807, 2.05) is 18.2 Å². The van der Waals surface area contributed by atoms with Crippen LogP contribution in [0.1, 0.15) is 168 Å². The fourth-order valence-corrected chi connectivity index (χ4v) is 20.2. The zero-order chi connectivity index (χ0) is 92.0. The van der Waals surface area contributed by atoms with Gasteiger partial charge in [-0.15, -0.1) is 24.8 Å². The Labute approximate surface area is 788 Å². The summed E-state index contributed by atoms with van der Waals surface area (Å²) in [5.74, 6) is -14.2. The van der Waals surface area contributed by atoms with Gasteiger partial charge in [0.05, 0.1) is 44.3 Å². The van der Waals surface area contributed by atoms with Gasteiger partial charge in [-0.05, 0) is 231 Å². The molecule has 130 heavy (non-hydrogen) atoms. The summed E-state index contributed by atoms with van der Waals surface area (Å²) in [5, 5.41) is 28.7. The van der Waals surface area contributed by atoms with E-state index in [4.69, 9.17) is 53.5 Å². The number of halogens is 14. The summed E-state index contributed by atoms with van der Waals surface area (Å²) in [6, 6.07) is 37.8. The second-order valence-electron chi connectivity index (χ2n) is 31.3. The standard InChI is InChI=1S/C35H37F3N4O4S.C28H35FN4.C7H3ClF2O4S.C7H4F2O5S.C7H4F2O2.B.ClHO3S.2ClH.Na.H/c1-22-39-31-7-2-3-8-32(31)42(22)27-18-25-9-10-26(19-27)41(25)16-13-35(23-5-4-6-24(36)17-23)11-14-40(15-12-35)34(43)28-20-33(47(44,45)46)30(38)21-29(28)37;1-20-31-26-7-2-3-8-27(26)33(20)25-18-23-9-10-24(19-25)32(23)16-13-28(11-14-30-15-12-28)21-5-4-6-22(29)17-21;8-15(13,14)6-1-3(7(11)12)4(9)2-5(6)10;8-4-2-5(9)6(15(12,13)14)1-3(4)7(10)11;8-4-1-2-5(7(10)11)6(9)3-4;;1-5(2,3)4;;;;/h2-8,17,20-21,25-27H,9-16,18-19H2,1H3,(H,44,45,46);2-8,17,23-25,30H,9-16,18-19H2,1H3;1-2H,(H,11,12);1-2H,(H,10,11)(H,12,13,14);1-3H,(H,10,11);;(H,2,3,4);2*1H;;/q;;;;;;;;;+1;-1. The Bertz CT molecular complexity index is 6170. The first-order chi connectivity index (χ1) is 59.1. The van der Waals surface area contributed by atoms with Gasteiger partial charge in [-0.25, -0.2) is 76.7 Å². The first kappa shape index (κ1) is 109. The molecule has 6 fully saturated rings. The predicted octanol–water partition coefficient (Wildman–Crippen LogP) is 13.6. The molecule has 7 N–H and O–H groups in total. The third-order valence-corrected chi connectivity index (χ3v) is 26.9. The minimum Gasteiger partial charge on any atom is -1.00 e. The molecule has 4 bridgehead atoms. The van der Waals surface area contributed by atoms with Crippen molar-refractivity contribution in [2.45, 2.75) is 166 Å². The van der Waals surface area contributed by atoms with Crippen LogP contribution in [0.25, 0.3) is 22.1 Å². The number of hydrogen-bond acceptors (Lipinski definition) is 17. The maximum Gasteiger partial charge on any atom is 1.00 e. The van der Waals surface area contributed by atoms with Gasteiger partial charge in [0.2, 0.25) is 0 Å². The molecule has 697 valence electrons. The number of nitrogens with zero attached hydrogens (tertiary/aromatic N) is 7. The van der Waals surface area contributed by atoms with Gasteiger partial charge in [0.25, 0.3) is 35.2 Å². The molecule has 46 heteroatoms. The summed E-state index contributed by atoms with van der Waals surface area (Å²) in [6.07, 6.45) is 14.4. The van der Waals surface area contributed by atoms with Crippen LogP contribution in [0.3, 0.4) is 0 Å². The fraction of sp³-hybridized carbons (Fsp3) is 0.357. The summed E-state index contributed by atoms with van der Waals surface area (Å²) in [4.78, 5) is 57.3. The Kier molecular flexibility index (Phi) is 37.7. The predicted molar refractivity (Wildman–Crippen MR) is 463 cm³/mol. The quantitative estimate of drug-likeness (QED) is 0.0193. The number of benzene rings is 8. The van der Waals surface area contributed by atoms with Gasteiger partial charge in [0, 0.05) is 103 Å². The van der Waals surface area contributed by atoms with E-state index >= 15 is 0 Å². The Hall–Kier alpha value is -8.34. The molecular formula is C84H87BCl4F10N8NaO18S4. The summed E-state index contributed by atoms with van der Waals surface area (Å²) < 4.78 is 247. The summed E-state index contributed by atoms with van der Waals surface area (Å²) in [6.45, 7) is 8.67. The number of para-hydroxylation sites is 4. The van der Waals surface area contributed by atoms with E-state index in [1.165, 1.54) is 53.2 Å². The largest absolute Gasteiger partial charge is 1.00 e. The Balaban J connectivity index is 0.000000272. The van der Waals surface area contributed by atoms with E-state index < -0.39 is 151 Å². The number of amides is 1. The number of imidazole rings is 2. The van der Waals surface area contributed by atoms with Crippen molar-refractivity contribution < 1.29 is 157 Å². The van der Waals surface area contributed by atoms with E-state index in [0.717, 1.165) is 118 Å². The number of nitrogens with one attached hydrogen (secondary N) is 1. The number of carboxylic acid groups (broad SMARTS) is 3. The number of aromatic nitrogens is 4. The average Bonchev–Trinajstić information content (AvgIpc) is 1.60. The van der Waals surface area contributed by atoms with Gasteiger partial charge in [-0.3, -0.25) is 28.3 Å². The molecule has 0 aliphatic carbocycles. The molecule has 4 atom stereocenters. The molecule has 6 aliphatic heterocycles. The second-order valence-corrected chi connectivity index (χ2v) is 38.6. The van der Waals surface area contributed by atoms with Crippen molar-refractivity contribution in [3.05, 3.63) is 255 Å². The van der Waals surface area contributed by atoms with E-state index in [0.29, 0.717) is 73.4 Å². The fourth-order valence-electron chi connectivity index (χ4n) is 18.1. The molecule has 0 spiro atoms. The van der Waals surface area contributed by atoms with Gasteiger partial charge in [-0.1, -0.05) is 48.5 Å². The van der Waals surface area contributed by atoms with Crippen LogP contribution in [-0.4, -0.2) is 192 Å². The smallest absolute Gasteiger partial charge is 1.00 e. The molecule has 8 aromatic carbocycles. The molecular weight excluding hydrogens is 1900 g/mol. The number of likely N-dealkylation sites (tertiary alicyclic amines) is 1. The molecule has 6 aliphatic rings. The molecule has 26 nitrogen and oxygen atoms in total. The number of carbonyl (C=O) groups is 4. The van der Waals surface area contributed by atoms with Crippen molar-refractivity contribution in [3.63, 3.8) is 0 Å². The van der Waals surface area contributed by atoms with Crippen LogP contribution in [0.15, 0.2) is 166 Å². The number of carboxylic acids is 3. The number of hydrogen-bond donors (Lipinski definition) is 7. The van der Waals surface area contributed by atoms with E-state index in [9.17, 15) is 92.9 Å².